The first-order valence-electron chi connectivity index (χ1n) is 5.41. The molecule has 15 heavy (non-hydrogen) atoms. The third-order valence-corrected chi connectivity index (χ3v) is 8.73. The molecule has 1 aromatic heterocycles. The smallest absolute Gasteiger partial charge is 0.192 e. The van der Waals surface area contributed by atoms with E-state index in [-0.39, 0.29) is 0 Å². The molecule has 0 spiro atoms. The van der Waals surface area contributed by atoms with E-state index in [2.05, 4.69) is 52.2 Å². The van der Waals surface area contributed by atoms with Crippen molar-refractivity contribution in [2.75, 3.05) is 0 Å². The molecule has 1 aromatic rings. The molecule has 86 valence electrons. The molecule has 3 heteroatoms. The Bertz CT molecular complexity index is 323. The van der Waals surface area contributed by atoms with E-state index in [0.29, 0.717) is 5.04 Å². The van der Waals surface area contributed by atoms with Crippen molar-refractivity contribution >= 4 is 19.7 Å². The van der Waals surface area contributed by atoms with E-state index in [1.54, 1.807) is 11.3 Å². The highest BCUT2D eigenvalue weighted by molar-refractivity contribution is 7.10. The molecule has 0 N–H and O–H groups in total. The van der Waals surface area contributed by atoms with Gasteiger partial charge in [-0.3, -0.25) is 0 Å². The summed E-state index contributed by atoms with van der Waals surface area (Å²) in [7, 11) is -1.58. The monoisotopic (exact) mass is 242 g/mol. The molecule has 1 rings (SSSR count). The highest BCUT2D eigenvalue weighted by Gasteiger charge is 2.37. The summed E-state index contributed by atoms with van der Waals surface area (Å²) in [5, 5.41) is 2.44. The number of hydrogen-bond acceptors (Lipinski definition) is 2. The minimum absolute atomic E-state index is 0.303. The van der Waals surface area contributed by atoms with Gasteiger partial charge in [0.15, 0.2) is 8.32 Å². The minimum atomic E-state index is -1.58. The molecule has 0 bridgehead atoms. The van der Waals surface area contributed by atoms with Gasteiger partial charge in [-0.2, -0.15) is 0 Å². The average molecular weight is 242 g/mol. The Labute approximate surface area is 98.6 Å². The van der Waals surface area contributed by atoms with Gasteiger partial charge >= 0.3 is 0 Å². The number of aryl methyl sites for hydroxylation is 1. The standard InChI is InChI=1S/C12H22OSSi/c1-10-11(7-8-14-10)9-13-15(5,6)12(2,3)4/h7-8H,9H2,1-6H3. The van der Waals surface area contributed by atoms with Gasteiger partial charge in [-0.25, -0.2) is 0 Å². The lowest BCUT2D eigenvalue weighted by Gasteiger charge is -2.36. The van der Waals surface area contributed by atoms with Crippen LogP contribution < -0.4 is 0 Å². The summed E-state index contributed by atoms with van der Waals surface area (Å²) in [6.07, 6.45) is 0. The first-order valence-corrected chi connectivity index (χ1v) is 9.20. The molecule has 0 fully saturated rings. The summed E-state index contributed by atoms with van der Waals surface area (Å²) in [6.45, 7) is 14.4. The van der Waals surface area contributed by atoms with Crippen LogP contribution in [0.3, 0.4) is 0 Å². The summed E-state index contributed by atoms with van der Waals surface area (Å²) < 4.78 is 6.16. The maximum atomic E-state index is 6.16. The Kier molecular flexibility index (Phi) is 3.79. The van der Waals surface area contributed by atoms with E-state index in [4.69, 9.17) is 4.43 Å². The molecule has 0 amide bonds. The van der Waals surface area contributed by atoms with Gasteiger partial charge in [-0.05, 0) is 42.1 Å². The Balaban J connectivity index is 2.61. The molecule has 0 saturated carbocycles. The zero-order valence-corrected chi connectivity index (χ0v) is 12.5. The quantitative estimate of drug-likeness (QED) is 0.705. The lowest BCUT2D eigenvalue weighted by molar-refractivity contribution is 0.276. The van der Waals surface area contributed by atoms with Gasteiger partial charge < -0.3 is 4.43 Å². The van der Waals surface area contributed by atoms with E-state index in [1.807, 2.05) is 0 Å². The van der Waals surface area contributed by atoms with Crippen LogP contribution in [0.1, 0.15) is 31.2 Å². The molecule has 0 atom stereocenters. The Hall–Kier alpha value is -0.123. The SMILES string of the molecule is Cc1sccc1CO[Si](C)(C)C(C)(C)C. The lowest BCUT2D eigenvalue weighted by atomic mass is 10.2. The Morgan fingerprint density at radius 2 is 1.93 bits per heavy atom. The van der Waals surface area contributed by atoms with Crippen molar-refractivity contribution in [2.24, 2.45) is 0 Å². The van der Waals surface area contributed by atoms with Gasteiger partial charge in [-0.15, -0.1) is 11.3 Å². The predicted molar refractivity (Wildman–Crippen MR) is 71.0 cm³/mol. The molecule has 0 radical (unpaired) electrons. The fraction of sp³-hybridized carbons (Fsp3) is 0.667. The molecule has 0 saturated heterocycles. The summed E-state index contributed by atoms with van der Waals surface area (Å²) in [5.41, 5.74) is 1.35. The minimum Gasteiger partial charge on any atom is -0.413 e. The first-order chi connectivity index (χ1) is 6.74. The zero-order valence-electron chi connectivity index (χ0n) is 10.7. The molecular weight excluding hydrogens is 220 g/mol. The van der Waals surface area contributed by atoms with E-state index in [0.717, 1.165) is 6.61 Å². The van der Waals surface area contributed by atoms with E-state index in [9.17, 15) is 0 Å². The number of thiophene rings is 1. The van der Waals surface area contributed by atoms with Crippen LogP contribution in [0, 0.1) is 6.92 Å². The average Bonchev–Trinajstić information content (AvgIpc) is 2.46. The molecule has 0 aliphatic heterocycles. The van der Waals surface area contributed by atoms with Crippen LogP contribution >= 0.6 is 11.3 Å². The van der Waals surface area contributed by atoms with Gasteiger partial charge in [0, 0.05) is 4.88 Å². The molecule has 0 unspecified atom stereocenters. The third kappa shape index (κ3) is 3.16. The van der Waals surface area contributed by atoms with Crippen molar-refractivity contribution in [3.63, 3.8) is 0 Å². The van der Waals surface area contributed by atoms with Crippen molar-refractivity contribution in [3.05, 3.63) is 21.9 Å². The van der Waals surface area contributed by atoms with Crippen LogP contribution in [-0.4, -0.2) is 8.32 Å². The number of hydrogen-bond donors (Lipinski definition) is 0. The van der Waals surface area contributed by atoms with E-state index < -0.39 is 8.32 Å². The van der Waals surface area contributed by atoms with Crippen LogP contribution in [0.15, 0.2) is 11.4 Å². The maximum absolute atomic E-state index is 6.16. The van der Waals surface area contributed by atoms with Crippen LogP contribution in [0.5, 0.6) is 0 Å². The van der Waals surface area contributed by atoms with Gasteiger partial charge in [0.2, 0.25) is 0 Å². The van der Waals surface area contributed by atoms with Gasteiger partial charge in [0.25, 0.3) is 0 Å². The van der Waals surface area contributed by atoms with E-state index in [1.165, 1.54) is 10.4 Å². The molecule has 1 nitrogen and oxygen atoms in total. The zero-order chi connectivity index (χ0) is 11.7. The topological polar surface area (TPSA) is 9.23 Å². The second-order valence-corrected chi connectivity index (χ2v) is 11.5. The van der Waals surface area contributed by atoms with Crippen molar-refractivity contribution in [1.82, 2.24) is 0 Å². The van der Waals surface area contributed by atoms with Gasteiger partial charge in [0.05, 0.1) is 6.61 Å². The van der Waals surface area contributed by atoms with Crippen molar-refractivity contribution in [1.29, 1.82) is 0 Å². The van der Waals surface area contributed by atoms with Crippen LogP contribution in [0.25, 0.3) is 0 Å². The molecular formula is C12H22OSSi. The van der Waals surface area contributed by atoms with Crippen LogP contribution in [0.2, 0.25) is 18.1 Å². The fourth-order valence-corrected chi connectivity index (χ4v) is 2.70. The normalized spacial score (nSPS) is 13.2. The van der Waals surface area contributed by atoms with Crippen molar-refractivity contribution in [3.8, 4) is 0 Å². The Morgan fingerprint density at radius 1 is 1.33 bits per heavy atom. The molecule has 0 aliphatic rings. The Morgan fingerprint density at radius 3 is 2.33 bits per heavy atom. The van der Waals surface area contributed by atoms with Gasteiger partial charge in [0.1, 0.15) is 0 Å². The highest BCUT2D eigenvalue weighted by Crippen LogP contribution is 2.37. The predicted octanol–water partition coefficient (Wildman–Crippen LogP) is 4.58. The van der Waals surface area contributed by atoms with Crippen molar-refractivity contribution in [2.45, 2.75) is 52.4 Å². The maximum Gasteiger partial charge on any atom is 0.192 e. The summed E-state index contributed by atoms with van der Waals surface area (Å²) in [4.78, 5) is 1.38. The largest absolute Gasteiger partial charge is 0.413 e. The summed E-state index contributed by atoms with van der Waals surface area (Å²) in [5.74, 6) is 0. The second kappa shape index (κ2) is 4.40. The fourth-order valence-electron chi connectivity index (χ4n) is 1.04. The van der Waals surface area contributed by atoms with Gasteiger partial charge in [-0.1, -0.05) is 20.8 Å². The first kappa shape index (κ1) is 12.9. The van der Waals surface area contributed by atoms with Crippen molar-refractivity contribution < 1.29 is 4.43 Å². The molecule has 1 heterocycles. The second-order valence-electron chi connectivity index (χ2n) is 5.55. The summed E-state index contributed by atoms with van der Waals surface area (Å²) >= 11 is 1.80. The lowest BCUT2D eigenvalue weighted by Crippen LogP contribution is -2.40. The summed E-state index contributed by atoms with van der Waals surface area (Å²) in [6, 6.07) is 2.17. The molecule has 0 aliphatic carbocycles. The number of rotatable bonds is 3. The van der Waals surface area contributed by atoms with Crippen LogP contribution in [-0.2, 0) is 11.0 Å². The van der Waals surface area contributed by atoms with E-state index >= 15 is 0 Å². The van der Waals surface area contributed by atoms with Crippen LogP contribution in [0.4, 0.5) is 0 Å². The highest BCUT2D eigenvalue weighted by atomic mass is 32.1. The molecule has 0 aromatic carbocycles. The third-order valence-electron chi connectivity index (χ3n) is 3.36.